The van der Waals surface area contributed by atoms with Crippen molar-refractivity contribution in [2.24, 2.45) is 7.05 Å². The number of carbonyl (C=O) groups is 2. The van der Waals surface area contributed by atoms with Crippen LogP contribution in [0.5, 0.6) is 0 Å². The Morgan fingerprint density at radius 3 is 2.76 bits per heavy atom. The average molecular weight is 311 g/mol. The number of aryl methyl sites for hydroxylation is 2. The lowest BCUT2D eigenvalue weighted by molar-refractivity contribution is -0.141. The summed E-state index contributed by atoms with van der Waals surface area (Å²) in [4.78, 5) is 24.1. The molecule has 0 saturated carbocycles. The van der Waals surface area contributed by atoms with Gasteiger partial charge in [-0.2, -0.15) is 5.10 Å². The molecule has 0 aromatic carbocycles. The van der Waals surface area contributed by atoms with Crippen LogP contribution in [-0.4, -0.2) is 44.0 Å². The number of hydrogen-bond acceptors (Lipinski definition) is 5. The molecule has 3 N–H and O–H groups in total. The number of fused-ring (bicyclic) bond motifs is 1. The van der Waals surface area contributed by atoms with Crippen LogP contribution < -0.4 is 5.32 Å². The van der Waals surface area contributed by atoms with Gasteiger partial charge in [-0.25, -0.2) is 0 Å². The maximum absolute atomic E-state index is 12.1. The summed E-state index contributed by atoms with van der Waals surface area (Å²) < 4.78 is 1.71. The molecule has 7 nitrogen and oxygen atoms in total. The Bertz CT molecular complexity index is 667. The number of carboxylic acids is 1. The van der Waals surface area contributed by atoms with Crippen LogP contribution in [0.25, 0.3) is 10.2 Å². The van der Waals surface area contributed by atoms with E-state index in [9.17, 15) is 14.7 Å². The van der Waals surface area contributed by atoms with E-state index in [1.807, 2.05) is 14.0 Å². The molecule has 0 aliphatic carbocycles. The number of thiophene rings is 1. The largest absolute Gasteiger partial charge is 0.481 e. The third kappa shape index (κ3) is 3.40. The molecule has 1 amide bonds. The first-order chi connectivity index (χ1) is 9.69. The van der Waals surface area contributed by atoms with E-state index in [2.05, 4.69) is 10.4 Å². The number of aliphatic carboxylic acids is 1. The maximum atomic E-state index is 12.1. The minimum Gasteiger partial charge on any atom is -0.481 e. The van der Waals surface area contributed by atoms with Gasteiger partial charge in [0.1, 0.15) is 4.83 Å². The fourth-order valence-corrected chi connectivity index (χ4v) is 3.10. The average Bonchev–Trinajstić information content (AvgIpc) is 2.88. The molecule has 2 heterocycles. The SMILES string of the molecule is Cc1nn(C)c2sc(C(=O)NCC(C)(O)CC(=O)O)cc12. The molecule has 0 aliphatic heterocycles. The molecular weight excluding hydrogens is 294 g/mol. The van der Waals surface area contributed by atoms with E-state index in [1.54, 1.807) is 10.7 Å². The number of aromatic nitrogens is 2. The van der Waals surface area contributed by atoms with Crippen LogP contribution in [0.2, 0.25) is 0 Å². The van der Waals surface area contributed by atoms with Crippen LogP contribution in [0.1, 0.15) is 28.7 Å². The third-order valence-corrected chi connectivity index (χ3v) is 4.28. The van der Waals surface area contributed by atoms with Crippen LogP contribution in [-0.2, 0) is 11.8 Å². The number of carbonyl (C=O) groups excluding carboxylic acids is 1. The van der Waals surface area contributed by atoms with Gasteiger partial charge in [-0.05, 0) is 19.9 Å². The van der Waals surface area contributed by atoms with Crippen molar-refractivity contribution in [1.29, 1.82) is 0 Å². The van der Waals surface area contributed by atoms with Crippen LogP contribution >= 0.6 is 11.3 Å². The predicted molar refractivity (Wildman–Crippen MR) is 78.5 cm³/mol. The highest BCUT2D eigenvalue weighted by atomic mass is 32.1. The summed E-state index contributed by atoms with van der Waals surface area (Å²) in [6.45, 7) is 3.12. The monoisotopic (exact) mass is 311 g/mol. The molecule has 0 fully saturated rings. The Morgan fingerprint density at radius 2 is 2.19 bits per heavy atom. The predicted octanol–water partition coefficient (Wildman–Crippen LogP) is 0.899. The zero-order valence-corrected chi connectivity index (χ0v) is 12.8. The number of aliphatic hydroxyl groups is 1. The second kappa shape index (κ2) is 5.45. The van der Waals surface area contributed by atoms with Gasteiger partial charge in [-0.15, -0.1) is 11.3 Å². The Morgan fingerprint density at radius 1 is 1.52 bits per heavy atom. The van der Waals surface area contributed by atoms with Gasteiger partial charge in [0.05, 0.1) is 22.6 Å². The van der Waals surface area contributed by atoms with Crippen LogP contribution in [0.15, 0.2) is 6.07 Å². The molecule has 0 saturated heterocycles. The highest BCUT2D eigenvalue weighted by Crippen LogP contribution is 2.27. The molecule has 2 aromatic heterocycles. The van der Waals surface area contributed by atoms with Crippen molar-refractivity contribution in [3.8, 4) is 0 Å². The van der Waals surface area contributed by atoms with Crippen LogP contribution in [0, 0.1) is 6.92 Å². The second-order valence-corrected chi connectivity index (χ2v) is 6.32. The van der Waals surface area contributed by atoms with Gasteiger partial charge < -0.3 is 15.5 Å². The van der Waals surface area contributed by atoms with E-state index in [-0.39, 0.29) is 12.5 Å². The lowest BCUT2D eigenvalue weighted by Gasteiger charge is -2.21. The highest BCUT2D eigenvalue weighted by Gasteiger charge is 2.25. The van der Waals surface area contributed by atoms with E-state index < -0.39 is 18.0 Å². The smallest absolute Gasteiger partial charge is 0.306 e. The summed E-state index contributed by atoms with van der Waals surface area (Å²) in [5.74, 6) is -1.45. The maximum Gasteiger partial charge on any atom is 0.306 e. The molecule has 1 atom stereocenters. The summed E-state index contributed by atoms with van der Waals surface area (Å²) in [5, 5.41) is 26.3. The first-order valence-corrected chi connectivity index (χ1v) is 7.17. The lowest BCUT2D eigenvalue weighted by Crippen LogP contribution is -2.41. The molecule has 114 valence electrons. The van der Waals surface area contributed by atoms with Gasteiger partial charge in [0.15, 0.2) is 0 Å². The van der Waals surface area contributed by atoms with Crippen molar-refractivity contribution in [2.75, 3.05) is 6.54 Å². The van der Waals surface area contributed by atoms with Gasteiger partial charge in [0, 0.05) is 19.0 Å². The summed E-state index contributed by atoms with van der Waals surface area (Å²) in [6, 6.07) is 1.75. The first-order valence-electron chi connectivity index (χ1n) is 6.35. The van der Waals surface area contributed by atoms with Gasteiger partial charge >= 0.3 is 5.97 Å². The fraction of sp³-hybridized carbons (Fsp3) is 0.462. The van der Waals surface area contributed by atoms with Gasteiger partial charge in [0.2, 0.25) is 0 Å². The topological polar surface area (TPSA) is 104 Å². The van der Waals surface area contributed by atoms with E-state index in [4.69, 9.17) is 5.11 Å². The molecule has 0 spiro atoms. The van der Waals surface area contributed by atoms with Gasteiger partial charge in [0.25, 0.3) is 5.91 Å². The zero-order valence-electron chi connectivity index (χ0n) is 12.0. The highest BCUT2D eigenvalue weighted by molar-refractivity contribution is 7.20. The van der Waals surface area contributed by atoms with E-state index in [1.165, 1.54) is 18.3 Å². The van der Waals surface area contributed by atoms with E-state index in [0.717, 1.165) is 15.9 Å². The standard InChI is InChI=1S/C13H17N3O4S/c1-7-8-4-9(21-12(8)16(3)15-7)11(19)14-6-13(2,20)5-10(17)18/h4,20H,5-6H2,1-3H3,(H,14,19)(H,17,18). The molecule has 0 bridgehead atoms. The number of nitrogens with zero attached hydrogens (tertiary/aromatic N) is 2. The molecule has 8 heteroatoms. The normalized spacial score (nSPS) is 14.1. The Balaban J connectivity index is 2.09. The minimum atomic E-state index is -1.48. The van der Waals surface area contributed by atoms with Crippen molar-refractivity contribution >= 4 is 33.4 Å². The van der Waals surface area contributed by atoms with E-state index >= 15 is 0 Å². The van der Waals surface area contributed by atoms with Crippen LogP contribution in [0.4, 0.5) is 0 Å². The van der Waals surface area contributed by atoms with E-state index in [0.29, 0.717) is 4.88 Å². The van der Waals surface area contributed by atoms with Crippen molar-refractivity contribution in [3.63, 3.8) is 0 Å². The van der Waals surface area contributed by atoms with Crippen molar-refractivity contribution in [1.82, 2.24) is 15.1 Å². The molecule has 2 rings (SSSR count). The summed E-state index contributed by atoms with van der Waals surface area (Å²) in [6.07, 6.45) is -0.428. The lowest BCUT2D eigenvalue weighted by atomic mass is 10.0. The van der Waals surface area contributed by atoms with Crippen molar-refractivity contribution in [3.05, 3.63) is 16.6 Å². The summed E-state index contributed by atoms with van der Waals surface area (Å²) >= 11 is 1.31. The number of rotatable bonds is 5. The van der Waals surface area contributed by atoms with Crippen molar-refractivity contribution in [2.45, 2.75) is 25.9 Å². The summed E-state index contributed by atoms with van der Waals surface area (Å²) in [7, 11) is 1.81. The quantitative estimate of drug-likeness (QED) is 0.761. The fourth-order valence-electron chi connectivity index (χ4n) is 2.06. The number of carboxylic acid groups (broad SMARTS) is 1. The van der Waals surface area contributed by atoms with Crippen molar-refractivity contribution < 1.29 is 19.8 Å². The van der Waals surface area contributed by atoms with Crippen LogP contribution in [0.3, 0.4) is 0 Å². The molecule has 2 aromatic rings. The number of hydrogen-bond donors (Lipinski definition) is 3. The minimum absolute atomic E-state index is 0.121. The molecule has 0 aliphatic rings. The van der Waals surface area contributed by atoms with Gasteiger partial charge in [-0.1, -0.05) is 0 Å². The number of nitrogens with one attached hydrogen (secondary N) is 1. The second-order valence-electron chi connectivity index (χ2n) is 5.29. The summed E-state index contributed by atoms with van der Waals surface area (Å²) in [5.41, 5.74) is -0.629. The Hall–Kier alpha value is -1.93. The Labute approximate surface area is 125 Å². The third-order valence-electron chi connectivity index (χ3n) is 3.08. The number of amides is 1. The molecule has 1 unspecified atom stereocenters. The molecular formula is C13H17N3O4S. The molecule has 0 radical (unpaired) electrons. The first kappa shape index (κ1) is 15.5. The Kier molecular flexibility index (Phi) is 4.02. The zero-order chi connectivity index (χ0) is 15.8. The molecule has 21 heavy (non-hydrogen) atoms. The van der Waals surface area contributed by atoms with Gasteiger partial charge in [-0.3, -0.25) is 14.3 Å².